The van der Waals surface area contributed by atoms with Crippen LogP contribution in [0.25, 0.3) is 43.9 Å². The van der Waals surface area contributed by atoms with Gasteiger partial charge >= 0.3 is 5.56 Å². The average molecular weight is 423 g/mol. The van der Waals surface area contributed by atoms with Crippen LogP contribution >= 0.6 is 22.9 Å². The highest BCUT2D eigenvalue weighted by Gasteiger charge is 2.20. The summed E-state index contributed by atoms with van der Waals surface area (Å²) in [6, 6.07) is 13.2. The molecule has 0 bridgehead atoms. The Morgan fingerprint density at radius 1 is 1.21 bits per heavy atom. The van der Waals surface area contributed by atoms with Crippen LogP contribution in [0.5, 0.6) is 0 Å². The fraction of sp³-hybridized carbons (Fsp3) is 0. The summed E-state index contributed by atoms with van der Waals surface area (Å²) in [6.45, 7) is 0. The second-order valence-electron chi connectivity index (χ2n) is 6.17. The summed E-state index contributed by atoms with van der Waals surface area (Å²) >= 11 is 7.61. The molecule has 4 heterocycles. The quantitative estimate of drug-likeness (QED) is 0.436. The van der Waals surface area contributed by atoms with E-state index in [1.807, 2.05) is 35.7 Å². The molecule has 0 aliphatic carbocycles. The van der Waals surface area contributed by atoms with Crippen molar-refractivity contribution in [2.24, 2.45) is 0 Å². The fourth-order valence-electron chi connectivity index (χ4n) is 3.18. The molecule has 5 aromatic rings. The number of thiophene rings is 1. The maximum Gasteiger partial charge on any atom is 0.315 e. The average Bonchev–Trinajstić information content (AvgIpc) is 3.38. The highest BCUT2D eigenvalue weighted by atomic mass is 35.5. The summed E-state index contributed by atoms with van der Waals surface area (Å²) in [5.74, 6) is 0. The van der Waals surface area contributed by atoms with Gasteiger partial charge in [-0.1, -0.05) is 29.8 Å². The van der Waals surface area contributed by atoms with Crippen molar-refractivity contribution in [2.75, 3.05) is 5.43 Å². The lowest BCUT2D eigenvalue weighted by Gasteiger charge is -2.06. The molecule has 9 heteroatoms. The van der Waals surface area contributed by atoms with Gasteiger partial charge in [-0.25, -0.2) is 14.6 Å². The van der Waals surface area contributed by atoms with Crippen LogP contribution in [0.1, 0.15) is 0 Å². The summed E-state index contributed by atoms with van der Waals surface area (Å²) in [5, 5.41) is 3.21. The van der Waals surface area contributed by atoms with Crippen LogP contribution in [-0.4, -0.2) is 21.1 Å². The second kappa shape index (κ2) is 6.84. The Labute approximate surface area is 172 Å². The number of aromatic nitrogens is 3. The topological polar surface area (TPSA) is 90.0 Å². The first-order valence-corrected chi connectivity index (χ1v) is 9.76. The predicted octanol–water partition coefficient (Wildman–Crippen LogP) is 4.29. The highest BCUT2D eigenvalue weighted by molar-refractivity contribution is 7.13. The maximum atomic E-state index is 12.7. The van der Waals surface area contributed by atoms with Crippen molar-refractivity contribution in [3.8, 4) is 21.7 Å². The molecule has 1 amide bonds. The minimum Gasteiger partial charge on any atom is -0.430 e. The van der Waals surface area contributed by atoms with Crippen LogP contribution in [0.4, 0.5) is 0 Å². The zero-order chi connectivity index (χ0) is 20.0. The molecule has 0 unspecified atom stereocenters. The van der Waals surface area contributed by atoms with Crippen molar-refractivity contribution in [1.29, 1.82) is 0 Å². The van der Waals surface area contributed by atoms with E-state index >= 15 is 0 Å². The van der Waals surface area contributed by atoms with Gasteiger partial charge < -0.3 is 4.42 Å². The number of nitrogens with zero attached hydrogens (tertiary/aromatic N) is 3. The molecule has 1 N–H and O–H groups in total. The smallest absolute Gasteiger partial charge is 0.315 e. The van der Waals surface area contributed by atoms with E-state index in [2.05, 4.69) is 15.4 Å². The number of carbonyl (C=O) groups is 1. The monoisotopic (exact) mass is 422 g/mol. The minimum atomic E-state index is -0.528. The molecule has 7 nitrogen and oxygen atoms in total. The molecule has 29 heavy (non-hydrogen) atoms. The normalized spacial score (nSPS) is 11.2. The molecule has 0 saturated carbocycles. The van der Waals surface area contributed by atoms with Crippen molar-refractivity contribution in [1.82, 2.24) is 14.6 Å². The third-order valence-corrected chi connectivity index (χ3v) is 5.62. The molecule has 0 aliphatic heterocycles. The number of carbonyl (C=O) groups excluding carboxylic acids is 1. The van der Waals surface area contributed by atoms with Crippen LogP contribution in [0.3, 0.4) is 0 Å². The first kappa shape index (κ1) is 17.6. The molecular formula is C20H11ClN4O3S. The van der Waals surface area contributed by atoms with E-state index < -0.39 is 5.56 Å². The summed E-state index contributed by atoms with van der Waals surface area (Å²) in [7, 11) is 0. The largest absolute Gasteiger partial charge is 0.430 e. The van der Waals surface area contributed by atoms with Crippen molar-refractivity contribution in [3.05, 3.63) is 69.5 Å². The molecule has 0 spiro atoms. The standard InChI is InChI=1S/C20H11ClN4O3S/c21-12-5-3-11(4-6-12)13-8-14(15-2-1-7-29-15)24-19-16(13)17-18(28-19)20(27)25(9-22-17)23-10-26/h1-10H,(H,23,26). The van der Waals surface area contributed by atoms with Gasteiger partial charge in [-0.05, 0) is 40.8 Å². The fourth-order valence-corrected chi connectivity index (χ4v) is 4.00. The summed E-state index contributed by atoms with van der Waals surface area (Å²) < 4.78 is 6.77. The van der Waals surface area contributed by atoms with E-state index in [0.29, 0.717) is 28.0 Å². The number of fused-ring (bicyclic) bond motifs is 3. The number of amides is 1. The highest BCUT2D eigenvalue weighted by Crippen LogP contribution is 2.37. The Hall–Kier alpha value is -3.49. The number of hydrogen-bond donors (Lipinski definition) is 1. The molecule has 0 radical (unpaired) electrons. The van der Waals surface area contributed by atoms with Crippen LogP contribution < -0.4 is 11.0 Å². The lowest BCUT2D eigenvalue weighted by molar-refractivity contribution is -0.106. The lowest BCUT2D eigenvalue weighted by atomic mass is 10.0. The van der Waals surface area contributed by atoms with E-state index in [-0.39, 0.29) is 5.58 Å². The zero-order valence-electron chi connectivity index (χ0n) is 14.6. The van der Waals surface area contributed by atoms with Crippen molar-refractivity contribution in [3.63, 3.8) is 0 Å². The second-order valence-corrected chi connectivity index (χ2v) is 7.55. The van der Waals surface area contributed by atoms with E-state index in [1.54, 1.807) is 23.5 Å². The Morgan fingerprint density at radius 3 is 2.76 bits per heavy atom. The van der Waals surface area contributed by atoms with Crippen molar-refractivity contribution in [2.45, 2.75) is 0 Å². The number of halogens is 1. The Morgan fingerprint density at radius 2 is 2.03 bits per heavy atom. The number of pyridine rings is 1. The predicted molar refractivity (Wildman–Crippen MR) is 113 cm³/mol. The first-order valence-electron chi connectivity index (χ1n) is 8.50. The number of benzene rings is 1. The molecule has 1 aromatic carbocycles. The molecule has 0 aliphatic rings. The van der Waals surface area contributed by atoms with Crippen LogP contribution in [0.15, 0.2) is 63.4 Å². The van der Waals surface area contributed by atoms with E-state index in [0.717, 1.165) is 26.4 Å². The third-order valence-electron chi connectivity index (χ3n) is 4.47. The van der Waals surface area contributed by atoms with Crippen LogP contribution in [0.2, 0.25) is 5.02 Å². The maximum absolute atomic E-state index is 12.7. The van der Waals surface area contributed by atoms with E-state index in [1.165, 1.54) is 6.33 Å². The third kappa shape index (κ3) is 2.89. The molecule has 142 valence electrons. The van der Waals surface area contributed by atoms with Gasteiger partial charge in [0, 0.05) is 5.02 Å². The minimum absolute atomic E-state index is 0.0166. The van der Waals surface area contributed by atoms with Crippen molar-refractivity contribution < 1.29 is 9.21 Å². The van der Waals surface area contributed by atoms with Crippen LogP contribution in [0, 0.1) is 0 Å². The van der Waals surface area contributed by atoms with Gasteiger partial charge in [-0.2, -0.15) is 0 Å². The molecular weight excluding hydrogens is 412 g/mol. The number of hydrogen-bond acceptors (Lipinski definition) is 6. The number of nitrogens with one attached hydrogen (secondary N) is 1. The zero-order valence-corrected chi connectivity index (χ0v) is 16.2. The van der Waals surface area contributed by atoms with Gasteiger partial charge in [0.05, 0.1) is 16.0 Å². The van der Waals surface area contributed by atoms with Gasteiger partial charge in [0.1, 0.15) is 11.8 Å². The summed E-state index contributed by atoms with van der Waals surface area (Å²) in [5.41, 5.74) is 4.86. The number of furan rings is 1. The molecule has 0 atom stereocenters. The van der Waals surface area contributed by atoms with Gasteiger partial charge in [-0.3, -0.25) is 15.0 Å². The van der Waals surface area contributed by atoms with E-state index in [4.69, 9.17) is 16.0 Å². The lowest BCUT2D eigenvalue weighted by Crippen LogP contribution is -2.27. The summed E-state index contributed by atoms with van der Waals surface area (Å²) in [6.07, 6.45) is 1.64. The molecule has 4 aromatic heterocycles. The molecule has 0 fully saturated rings. The Kier molecular flexibility index (Phi) is 4.15. The Bertz CT molecular complexity index is 1420. The Balaban J connectivity index is 1.88. The van der Waals surface area contributed by atoms with Gasteiger partial charge in [-0.15, -0.1) is 11.3 Å². The van der Waals surface area contributed by atoms with Gasteiger partial charge in [0.15, 0.2) is 0 Å². The SMILES string of the molecule is O=CNn1cnc2c(oc3nc(-c4cccs4)cc(-c4ccc(Cl)cc4)c32)c1=O. The van der Waals surface area contributed by atoms with Gasteiger partial charge in [0.25, 0.3) is 0 Å². The van der Waals surface area contributed by atoms with Gasteiger partial charge in [0.2, 0.25) is 17.7 Å². The van der Waals surface area contributed by atoms with Crippen LogP contribution in [-0.2, 0) is 4.79 Å². The summed E-state index contributed by atoms with van der Waals surface area (Å²) in [4.78, 5) is 33.3. The van der Waals surface area contributed by atoms with E-state index in [9.17, 15) is 9.59 Å². The van der Waals surface area contributed by atoms with Crippen molar-refractivity contribution >= 4 is 51.5 Å². The molecule has 0 saturated heterocycles. The molecule has 5 rings (SSSR count). The number of rotatable bonds is 4. The first-order chi connectivity index (χ1) is 14.2.